The van der Waals surface area contributed by atoms with Crippen molar-refractivity contribution in [3.05, 3.63) is 59.1 Å². The first-order chi connectivity index (χ1) is 12.7. The molecule has 6 heteroatoms. The zero-order chi connectivity index (χ0) is 17.9. The lowest BCUT2D eigenvalue weighted by Gasteiger charge is -2.31. The Morgan fingerprint density at radius 1 is 1.15 bits per heavy atom. The van der Waals surface area contributed by atoms with Crippen molar-refractivity contribution >= 4 is 44.2 Å². The van der Waals surface area contributed by atoms with E-state index >= 15 is 0 Å². The summed E-state index contributed by atoms with van der Waals surface area (Å²) in [5.74, 6) is 0.219. The molecule has 134 valence electrons. The van der Waals surface area contributed by atoms with Crippen molar-refractivity contribution in [2.24, 2.45) is 5.92 Å². The number of nitrogens with zero attached hydrogens (tertiary/aromatic N) is 2. The fraction of sp³-hybridized carbons (Fsp3) is 0.300. The van der Waals surface area contributed by atoms with E-state index in [1.165, 1.54) is 4.70 Å². The molecule has 0 bridgehead atoms. The van der Waals surface area contributed by atoms with Crippen LogP contribution in [0.5, 0.6) is 0 Å². The number of carbonyl (C=O) groups excluding carboxylic acids is 1. The summed E-state index contributed by atoms with van der Waals surface area (Å²) in [6.45, 7) is 2.30. The molecule has 0 spiro atoms. The average Bonchev–Trinajstić information content (AvgIpc) is 3.12. The van der Waals surface area contributed by atoms with Crippen LogP contribution in [0.15, 0.2) is 48.5 Å². The van der Waals surface area contributed by atoms with E-state index in [4.69, 9.17) is 16.6 Å². The lowest BCUT2D eigenvalue weighted by Crippen LogP contribution is -2.40. The second-order valence-corrected chi connectivity index (χ2v) is 8.02. The normalized spacial score (nSPS) is 15.3. The smallest absolute Gasteiger partial charge is 0.223 e. The number of fused-ring (bicyclic) bond motifs is 1. The van der Waals surface area contributed by atoms with Gasteiger partial charge in [-0.25, -0.2) is 4.98 Å². The average molecular weight is 386 g/mol. The molecule has 1 aliphatic heterocycles. The van der Waals surface area contributed by atoms with Gasteiger partial charge in [-0.2, -0.15) is 0 Å². The molecule has 1 aliphatic rings. The quantitative estimate of drug-likeness (QED) is 0.720. The van der Waals surface area contributed by atoms with Crippen LogP contribution in [-0.2, 0) is 11.3 Å². The molecule has 26 heavy (non-hydrogen) atoms. The highest BCUT2D eigenvalue weighted by Gasteiger charge is 2.26. The summed E-state index contributed by atoms with van der Waals surface area (Å²) in [5, 5.41) is 4.82. The van der Waals surface area contributed by atoms with Crippen LogP contribution in [0.2, 0.25) is 5.02 Å². The highest BCUT2D eigenvalue weighted by atomic mass is 35.5. The van der Waals surface area contributed by atoms with Crippen molar-refractivity contribution in [1.82, 2.24) is 10.3 Å². The van der Waals surface area contributed by atoms with Crippen LogP contribution in [0.25, 0.3) is 10.2 Å². The molecule has 1 aromatic heterocycles. The Labute approximate surface area is 161 Å². The van der Waals surface area contributed by atoms with Gasteiger partial charge in [-0.3, -0.25) is 4.79 Å². The molecule has 1 fully saturated rings. The van der Waals surface area contributed by atoms with Gasteiger partial charge in [-0.05, 0) is 42.7 Å². The SMILES string of the molecule is O=C(NCc1ccc(Cl)cc1)C1CCN(c2nc3ccccc3s2)CC1. The number of para-hydroxylation sites is 1. The van der Waals surface area contributed by atoms with E-state index < -0.39 is 0 Å². The molecule has 1 amide bonds. The van der Waals surface area contributed by atoms with Gasteiger partial charge in [-0.15, -0.1) is 0 Å². The largest absolute Gasteiger partial charge is 0.352 e. The lowest BCUT2D eigenvalue weighted by atomic mass is 9.96. The monoisotopic (exact) mass is 385 g/mol. The minimum Gasteiger partial charge on any atom is -0.352 e. The molecule has 0 unspecified atom stereocenters. The van der Waals surface area contributed by atoms with Crippen molar-refractivity contribution in [3.63, 3.8) is 0 Å². The van der Waals surface area contributed by atoms with E-state index in [0.717, 1.165) is 42.1 Å². The third-order valence-corrected chi connectivity index (χ3v) is 6.15. The molecule has 0 atom stereocenters. The number of rotatable bonds is 4. The minimum atomic E-state index is 0.0768. The van der Waals surface area contributed by atoms with Gasteiger partial charge in [0.15, 0.2) is 5.13 Å². The van der Waals surface area contributed by atoms with Crippen molar-refractivity contribution in [3.8, 4) is 0 Å². The van der Waals surface area contributed by atoms with Crippen LogP contribution in [0.3, 0.4) is 0 Å². The van der Waals surface area contributed by atoms with Crippen LogP contribution in [0.1, 0.15) is 18.4 Å². The number of hydrogen-bond donors (Lipinski definition) is 1. The molecule has 0 saturated carbocycles. The molecule has 2 aromatic carbocycles. The Morgan fingerprint density at radius 2 is 1.88 bits per heavy atom. The third kappa shape index (κ3) is 3.84. The molecule has 1 N–H and O–H groups in total. The number of amides is 1. The lowest BCUT2D eigenvalue weighted by molar-refractivity contribution is -0.125. The number of halogens is 1. The summed E-state index contributed by atoms with van der Waals surface area (Å²) in [6.07, 6.45) is 1.73. The fourth-order valence-corrected chi connectivity index (χ4v) is 4.41. The Hall–Kier alpha value is -2.11. The molecule has 4 nitrogen and oxygen atoms in total. The van der Waals surface area contributed by atoms with Crippen LogP contribution in [0, 0.1) is 5.92 Å². The van der Waals surface area contributed by atoms with Crippen LogP contribution >= 0.6 is 22.9 Å². The summed E-state index contributed by atoms with van der Waals surface area (Å²) in [7, 11) is 0. The molecular weight excluding hydrogens is 366 g/mol. The first-order valence-corrected chi connectivity index (χ1v) is 10.0. The van der Waals surface area contributed by atoms with Crippen molar-refractivity contribution < 1.29 is 4.79 Å². The molecule has 0 aliphatic carbocycles. The molecule has 4 rings (SSSR count). The first kappa shape index (κ1) is 17.3. The zero-order valence-corrected chi connectivity index (χ0v) is 15.9. The maximum Gasteiger partial charge on any atom is 0.223 e. The van der Waals surface area contributed by atoms with Crippen molar-refractivity contribution in [1.29, 1.82) is 0 Å². The molecular formula is C20H20ClN3OS. The highest BCUT2D eigenvalue weighted by molar-refractivity contribution is 7.22. The number of thiazole rings is 1. The van der Waals surface area contributed by atoms with Crippen molar-refractivity contribution in [2.75, 3.05) is 18.0 Å². The van der Waals surface area contributed by atoms with E-state index in [2.05, 4.69) is 16.3 Å². The van der Waals surface area contributed by atoms with Gasteiger partial charge in [0, 0.05) is 30.6 Å². The van der Waals surface area contributed by atoms with E-state index in [-0.39, 0.29) is 11.8 Å². The van der Waals surface area contributed by atoms with Gasteiger partial charge in [-0.1, -0.05) is 47.2 Å². The first-order valence-electron chi connectivity index (χ1n) is 8.82. The highest BCUT2D eigenvalue weighted by Crippen LogP contribution is 2.31. The number of nitrogens with one attached hydrogen (secondary N) is 1. The number of benzene rings is 2. The molecule has 3 aromatic rings. The van der Waals surface area contributed by atoms with Gasteiger partial charge >= 0.3 is 0 Å². The number of hydrogen-bond acceptors (Lipinski definition) is 4. The van der Waals surface area contributed by atoms with E-state index in [0.29, 0.717) is 11.6 Å². The fourth-order valence-electron chi connectivity index (χ4n) is 3.26. The number of carbonyl (C=O) groups is 1. The maximum atomic E-state index is 12.5. The second kappa shape index (κ2) is 7.64. The minimum absolute atomic E-state index is 0.0768. The Kier molecular flexibility index (Phi) is 5.09. The van der Waals surface area contributed by atoms with E-state index in [9.17, 15) is 4.79 Å². The maximum absolute atomic E-state index is 12.5. The predicted molar refractivity (Wildman–Crippen MR) is 108 cm³/mol. The zero-order valence-electron chi connectivity index (χ0n) is 14.3. The summed E-state index contributed by atoms with van der Waals surface area (Å²) >= 11 is 7.62. The van der Waals surface area contributed by atoms with E-state index in [1.807, 2.05) is 42.5 Å². The number of anilines is 1. The second-order valence-electron chi connectivity index (χ2n) is 6.57. The Bertz CT molecular complexity index is 868. The van der Waals surface area contributed by atoms with Gasteiger partial charge in [0.05, 0.1) is 10.2 Å². The summed E-state index contributed by atoms with van der Waals surface area (Å²) in [6, 6.07) is 15.8. The topological polar surface area (TPSA) is 45.2 Å². The third-order valence-electron chi connectivity index (χ3n) is 4.80. The Balaban J connectivity index is 1.31. The summed E-state index contributed by atoms with van der Waals surface area (Å²) in [5.41, 5.74) is 2.12. The van der Waals surface area contributed by atoms with Gasteiger partial charge < -0.3 is 10.2 Å². The van der Waals surface area contributed by atoms with E-state index in [1.54, 1.807) is 11.3 Å². The molecule has 1 saturated heterocycles. The standard InChI is InChI=1S/C20H20ClN3OS/c21-16-7-5-14(6-8-16)13-22-19(25)15-9-11-24(12-10-15)20-23-17-3-1-2-4-18(17)26-20/h1-8,15H,9-13H2,(H,22,25). The summed E-state index contributed by atoms with van der Waals surface area (Å²) < 4.78 is 1.21. The van der Waals surface area contributed by atoms with Crippen LogP contribution < -0.4 is 10.2 Å². The van der Waals surface area contributed by atoms with Crippen LogP contribution in [-0.4, -0.2) is 24.0 Å². The summed E-state index contributed by atoms with van der Waals surface area (Å²) in [4.78, 5) is 19.5. The van der Waals surface area contributed by atoms with Gasteiger partial charge in [0.1, 0.15) is 0 Å². The van der Waals surface area contributed by atoms with Crippen molar-refractivity contribution in [2.45, 2.75) is 19.4 Å². The number of piperidine rings is 1. The van der Waals surface area contributed by atoms with Crippen LogP contribution in [0.4, 0.5) is 5.13 Å². The molecule has 0 radical (unpaired) electrons. The number of aromatic nitrogens is 1. The molecule has 2 heterocycles. The predicted octanol–water partition coefficient (Wildman–Crippen LogP) is 4.48. The van der Waals surface area contributed by atoms with Gasteiger partial charge in [0.2, 0.25) is 5.91 Å². The Morgan fingerprint density at radius 3 is 2.62 bits per heavy atom. The van der Waals surface area contributed by atoms with Gasteiger partial charge in [0.25, 0.3) is 0 Å².